The number of nitrogens with zero attached hydrogens (tertiary/aromatic N) is 1. The fourth-order valence-electron chi connectivity index (χ4n) is 2.14. The van der Waals surface area contributed by atoms with Gasteiger partial charge in [-0.25, -0.2) is 0 Å². The Morgan fingerprint density at radius 2 is 1.89 bits per heavy atom. The molecule has 0 aromatic heterocycles. The van der Waals surface area contributed by atoms with Crippen molar-refractivity contribution in [1.82, 2.24) is 0 Å². The number of rotatable bonds is 2. The summed E-state index contributed by atoms with van der Waals surface area (Å²) in [4.78, 5) is 1.99. The van der Waals surface area contributed by atoms with Crippen LogP contribution in [0.1, 0.15) is 19.4 Å². The Labute approximate surface area is 118 Å². The normalized spacial score (nSPS) is 18.6. The number of halogens is 4. The molecule has 0 bridgehead atoms. The van der Waals surface area contributed by atoms with E-state index in [1.54, 1.807) is 0 Å². The van der Waals surface area contributed by atoms with Crippen LogP contribution >= 0.6 is 15.9 Å². The average molecular weight is 337 g/mol. The van der Waals surface area contributed by atoms with Crippen LogP contribution < -0.4 is 10.6 Å². The maximum atomic E-state index is 12.6. The highest BCUT2D eigenvalue weighted by molar-refractivity contribution is 9.10. The maximum absolute atomic E-state index is 12.6. The van der Waals surface area contributed by atoms with E-state index >= 15 is 0 Å². The van der Waals surface area contributed by atoms with Gasteiger partial charge in [0.2, 0.25) is 0 Å². The van der Waals surface area contributed by atoms with Gasteiger partial charge in [0.05, 0.1) is 16.8 Å². The van der Waals surface area contributed by atoms with Gasteiger partial charge in [-0.3, -0.25) is 0 Å². The smallest absolute Gasteiger partial charge is 0.367 e. The molecule has 1 aromatic carbocycles. The highest BCUT2D eigenvalue weighted by Gasteiger charge is 2.42. The third kappa shape index (κ3) is 2.74. The SMILES string of the molecule is CC(C)C1(N)CN(c2ccc(C(F)(F)F)cc2Br)C1. The van der Waals surface area contributed by atoms with Crippen molar-refractivity contribution in [2.75, 3.05) is 18.0 Å². The van der Waals surface area contributed by atoms with Crippen LogP contribution in [-0.2, 0) is 6.18 Å². The Hall–Kier alpha value is -0.750. The number of benzene rings is 1. The summed E-state index contributed by atoms with van der Waals surface area (Å²) in [6.07, 6.45) is -4.31. The van der Waals surface area contributed by atoms with Crippen LogP contribution in [0.25, 0.3) is 0 Å². The number of hydrogen-bond acceptors (Lipinski definition) is 2. The number of alkyl halides is 3. The van der Waals surface area contributed by atoms with E-state index in [0.29, 0.717) is 23.5 Å². The Kier molecular flexibility index (Phi) is 3.60. The minimum atomic E-state index is -4.31. The fraction of sp³-hybridized carbons (Fsp3) is 0.538. The number of nitrogens with two attached hydrogens (primary N) is 1. The lowest BCUT2D eigenvalue weighted by Gasteiger charge is -2.52. The zero-order valence-electron chi connectivity index (χ0n) is 10.8. The summed E-state index contributed by atoms with van der Waals surface area (Å²) in [6.45, 7) is 5.43. The second kappa shape index (κ2) is 4.66. The first-order valence-corrected chi connectivity index (χ1v) is 6.83. The predicted molar refractivity (Wildman–Crippen MR) is 73.1 cm³/mol. The lowest BCUT2D eigenvalue weighted by Crippen LogP contribution is -2.70. The fourth-order valence-corrected chi connectivity index (χ4v) is 2.77. The molecule has 1 aromatic rings. The van der Waals surface area contributed by atoms with Gasteiger partial charge >= 0.3 is 6.18 Å². The molecule has 1 aliphatic rings. The van der Waals surface area contributed by atoms with Crippen molar-refractivity contribution in [3.05, 3.63) is 28.2 Å². The molecule has 19 heavy (non-hydrogen) atoms. The summed E-state index contributed by atoms with van der Waals surface area (Å²) in [5, 5.41) is 0. The monoisotopic (exact) mass is 336 g/mol. The first-order valence-electron chi connectivity index (χ1n) is 6.04. The molecule has 106 valence electrons. The summed E-state index contributed by atoms with van der Waals surface area (Å²) in [7, 11) is 0. The molecule has 0 amide bonds. The third-order valence-corrected chi connectivity index (χ3v) is 4.37. The molecule has 6 heteroatoms. The molecule has 0 aliphatic carbocycles. The Morgan fingerprint density at radius 3 is 2.32 bits per heavy atom. The molecule has 2 nitrogen and oxygen atoms in total. The Balaban J connectivity index is 2.17. The summed E-state index contributed by atoms with van der Waals surface area (Å²) >= 11 is 3.21. The molecule has 0 unspecified atom stereocenters. The highest BCUT2D eigenvalue weighted by atomic mass is 79.9. The molecule has 0 saturated carbocycles. The van der Waals surface area contributed by atoms with Gasteiger partial charge < -0.3 is 10.6 Å². The van der Waals surface area contributed by atoms with Crippen LogP contribution in [0.15, 0.2) is 22.7 Å². The Bertz CT molecular complexity index is 479. The van der Waals surface area contributed by atoms with Gasteiger partial charge in [0.25, 0.3) is 0 Å². The molecule has 1 fully saturated rings. The van der Waals surface area contributed by atoms with Crippen LogP contribution in [0.4, 0.5) is 18.9 Å². The maximum Gasteiger partial charge on any atom is 0.416 e. The molecule has 0 radical (unpaired) electrons. The van der Waals surface area contributed by atoms with Crippen LogP contribution in [0.2, 0.25) is 0 Å². The molecule has 1 saturated heterocycles. The van der Waals surface area contributed by atoms with Crippen LogP contribution in [0, 0.1) is 5.92 Å². The van der Waals surface area contributed by atoms with Gasteiger partial charge in [0, 0.05) is 17.6 Å². The van der Waals surface area contributed by atoms with Gasteiger partial charge in [-0.05, 0) is 40.0 Å². The second-order valence-corrected chi connectivity index (χ2v) is 6.26. The van der Waals surface area contributed by atoms with E-state index in [0.717, 1.165) is 17.8 Å². The Morgan fingerprint density at radius 1 is 1.32 bits per heavy atom. The molecule has 1 aliphatic heterocycles. The third-order valence-electron chi connectivity index (χ3n) is 3.74. The summed E-state index contributed by atoms with van der Waals surface area (Å²) in [5.74, 6) is 0.344. The van der Waals surface area contributed by atoms with Crippen LogP contribution in [-0.4, -0.2) is 18.6 Å². The lowest BCUT2D eigenvalue weighted by atomic mass is 9.80. The van der Waals surface area contributed by atoms with Gasteiger partial charge in [-0.15, -0.1) is 0 Å². The van der Waals surface area contributed by atoms with Crippen molar-refractivity contribution >= 4 is 21.6 Å². The molecule has 0 atom stereocenters. The van der Waals surface area contributed by atoms with Crippen molar-refractivity contribution in [2.24, 2.45) is 11.7 Å². The van der Waals surface area contributed by atoms with Gasteiger partial charge in [0.15, 0.2) is 0 Å². The predicted octanol–water partition coefficient (Wildman–Crippen LogP) is 3.64. The van der Waals surface area contributed by atoms with Crippen molar-refractivity contribution in [3.63, 3.8) is 0 Å². The minimum absolute atomic E-state index is 0.248. The van der Waals surface area contributed by atoms with Crippen molar-refractivity contribution < 1.29 is 13.2 Å². The minimum Gasteiger partial charge on any atom is -0.367 e. The van der Waals surface area contributed by atoms with Crippen molar-refractivity contribution in [2.45, 2.75) is 25.6 Å². The zero-order chi connectivity index (χ0) is 14.4. The second-order valence-electron chi connectivity index (χ2n) is 5.41. The van der Waals surface area contributed by atoms with E-state index in [4.69, 9.17) is 5.73 Å². The summed E-state index contributed by atoms with van der Waals surface area (Å²) in [6, 6.07) is 3.71. The van der Waals surface area contributed by atoms with Gasteiger partial charge in [-0.2, -0.15) is 13.2 Å². The standard InChI is InChI=1S/C13H16BrF3N2/c1-8(2)12(18)6-19(7-12)11-4-3-9(5-10(11)14)13(15,16)17/h3-5,8H,6-7,18H2,1-2H3. The zero-order valence-corrected chi connectivity index (χ0v) is 12.3. The first kappa shape index (κ1) is 14.7. The van der Waals surface area contributed by atoms with E-state index in [1.165, 1.54) is 6.07 Å². The van der Waals surface area contributed by atoms with Crippen LogP contribution in [0.5, 0.6) is 0 Å². The van der Waals surface area contributed by atoms with E-state index in [-0.39, 0.29) is 5.54 Å². The summed E-state index contributed by atoms with van der Waals surface area (Å²) < 4.78 is 38.2. The van der Waals surface area contributed by atoms with Crippen molar-refractivity contribution in [1.29, 1.82) is 0 Å². The number of hydrogen-bond donors (Lipinski definition) is 1. The molecule has 1 heterocycles. The van der Waals surface area contributed by atoms with E-state index in [1.807, 2.05) is 4.90 Å². The average Bonchev–Trinajstić information content (AvgIpc) is 2.23. The van der Waals surface area contributed by atoms with E-state index < -0.39 is 11.7 Å². The van der Waals surface area contributed by atoms with E-state index in [2.05, 4.69) is 29.8 Å². The van der Waals surface area contributed by atoms with Crippen molar-refractivity contribution in [3.8, 4) is 0 Å². The largest absolute Gasteiger partial charge is 0.416 e. The highest BCUT2D eigenvalue weighted by Crippen LogP contribution is 2.38. The van der Waals surface area contributed by atoms with Crippen LogP contribution in [0.3, 0.4) is 0 Å². The summed E-state index contributed by atoms with van der Waals surface area (Å²) in [5.41, 5.74) is 6.05. The quantitative estimate of drug-likeness (QED) is 0.893. The molecule has 2 N–H and O–H groups in total. The van der Waals surface area contributed by atoms with E-state index in [9.17, 15) is 13.2 Å². The molecular weight excluding hydrogens is 321 g/mol. The molecular formula is C13H16BrF3N2. The first-order chi connectivity index (χ1) is 8.63. The van der Waals surface area contributed by atoms with Gasteiger partial charge in [0.1, 0.15) is 0 Å². The van der Waals surface area contributed by atoms with Gasteiger partial charge in [-0.1, -0.05) is 13.8 Å². The lowest BCUT2D eigenvalue weighted by molar-refractivity contribution is -0.137. The topological polar surface area (TPSA) is 29.3 Å². The number of anilines is 1. The molecule has 0 spiro atoms. The molecule has 2 rings (SSSR count).